The number of ether oxygens (including phenoxy) is 1. The van der Waals surface area contributed by atoms with Crippen molar-refractivity contribution in [1.29, 1.82) is 0 Å². The van der Waals surface area contributed by atoms with Crippen LogP contribution in [0.15, 0.2) is 29.3 Å². The minimum atomic E-state index is -0.374. The Kier molecular flexibility index (Phi) is 4.72. The zero-order valence-corrected chi connectivity index (χ0v) is 16.4. The lowest BCUT2D eigenvalue weighted by Crippen LogP contribution is -2.38. The van der Waals surface area contributed by atoms with Gasteiger partial charge in [-0.2, -0.15) is 5.10 Å². The second-order valence-corrected chi connectivity index (χ2v) is 8.17. The molecule has 27 heavy (non-hydrogen) atoms. The first kappa shape index (κ1) is 18.1. The quantitative estimate of drug-likeness (QED) is 0.866. The molecule has 0 saturated carbocycles. The predicted octanol–water partition coefficient (Wildman–Crippen LogP) is 2.85. The maximum absolute atomic E-state index is 11.7. The van der Waals surface area contributed by atoms with E-state index in [1.807, 2.05) is 23.2 Å². The molecular weight excluding hydrogens is 366 g/mol. The second-order valence-electron chi connectivity index (χ2n) is 7.79. The first-order valence-corrected chi connectivity index (χ1v) is 9.70. The first-order valence-electron chi connectivity index (χ1n) is 9.32. The summed E-state index contributed by atoms with van der Waals surface area (Å²) in [5, 5.41) is 6.36. The highest BCUT2D eigenvalue weighted by atomic mass is 35.5. The molecule has 2 aromatic rings. The van der Waals surface area contributed by atoms with Crippen LogP contribution in [-0.2, 0) is 0 Å². The van der Waals surface area contributed by atoms with Gasteiger partial charge in [0.25, 0.3) is 5.56 Å². The average Bonchev–Trinajstić information content (AvgIpc) is 3.23. The molecule has 144 valence electrons. The third kappa shape index (κ3) is 3.60. The predicted molar refractivity (Wildman–Crippen MR) is 106 cm³/mol. The van der Waals surface area contributed by atoms with Crippen molar-refractivity contribution in [2.45, 2.75) is 44.8 Å². The van der Waals surface area contributed by atoms with Crippen molar-refractivity contribution < 1.29 is 4.74 Å². The van der Waals surface area contributed by atoms with Crippen molar-refractivity contribution in [2.75, 3.05) is 29.4 Å². The summed E-state index contributed by atoms with van der Waals surface area (Å²) in [4.78, 5) is 20.5. The standard InChI is InChI=1S/C19H24ClN5O2/c1-19(2)6-3-8-25(19)13-4-7-21-16(10-13)27-14-5-9-24(12-14)15-11-22-23-18(26)17(15)20/h4,7,10-11,14H,3,5-6,8-9,12H2,1-2H3,(H,23,26)/t14-/m1/s1. The van der Waals surface area contributed by atoms with E-state index in [4.69, 9.17) is 16.3 Å². The smallest absolute Gasteiger partial charge is 0.285 e. The monoisotopic (exact) mass is 389 g/mol. The number of aromatic nitrogens is 3. The Morgan fingerprint density at radius 3 is 3.00 bits per heavy atom. The molecule has 0 amide bonds. The maximum atomic E-state index is 11.7. The van der Waals surface area contributed by atoms with Crippen molar-refractivity contribution >= 4 is 23.0 Å². The van der Waals surface area contributed by atoms with E-state index in [0.717, 1.165) is 25.2 Å². The van der Waals surface area contributed by atoms with Gasteiger partial charge in [-0.1, -0.05) is 11.6 Å². The van der Waals surface area contributed by atoms with Gasteiger partial charge in [0.05, 0.1) is 18.4 Å². The van der Waals surface area contributed by atoms with Gasteiger partial charge >= 0.3 is 0 Å². The van der Waals surface area contributed by atoms with Crippen LogP contribution in [0.3, 0.4) is 0 Å². The fourth-order valence-corrected chi connectivity index (χ4v) is 4.24. The van der Waals surface area contributed by atoms with Crippen molar-refractivity contribution in [3.8, 4) is 5.88 Å². The van der Waals surface area contributed by atoms with Crippen LogP contribution in [0.2, 0.25) is 5.02 Å². The van der Waals surface area contributed by atoms with Crippen LogP contribution in [0.1, 0.15) is 33.1 Å². The Balaban J connectivity index is 1.45. The summed E-state index contributed by atoms with van der Waals surface area (Å²) in [7, 11) is 0. The number of H-pyrrole nitrogens is 1. The number of halogens is 1. The van der Waals surface area contributed by atoms with Crippen molar-refractivity contribution in [1.82, 2.24) is 15.2 Å². The SMILES string of the molecule is CC1(C)CCCN1c1ccnc(O[C@@H]2CCN(c3cn[nH]c(=O)c3Cl)C2)c1. The number of pyridine rings is 1. The zero-order chi connectivity index (χ0) is 19.0. The molecular formula is C19H24ClN5O2. The van der Waals surface area contributed by atoms with Crippen molar-refractivity contribution in [3.05, 3.63) is 39.9 Å². The molecule has 7 nitrogen and oxygen atoms in total. The lowest BCUT2D eigenvalue weighted by atomic mass is 10.0. The number of hydrogen-bond donors (Lipinski definition) is 1. The molecule has 2 aliphatic heterocycles. The van der Waals surface area contributed by atoms with Gasteiger partial charge in [0.1, 0.15) is 11.1 Å². The summed E-state index contributed by atoms with van der Waals surface area (Å²) in [5.74, 6) is 0.636. The van der Waals surface area contributed by atoms with Gasteiger partial charge in [0.2, 0.25) is 5.88 Å². The number of nitrogens with zero attached hydrogens (tertiary/aromatic N) is 4. The lowest BCUT2D eigenvalue weighted by Gasteiger charge is -2.33. The van der Waals surface area contributed by atoms with E-state index >= 15 is 0 Å². The van der Waals surface area contributed by atoms with Crippen molar-refractivity contribution in [2.24, 2.45) is 0 Å². The van der Waals surface area contributed by atoms with Crippen LogP contribution < -0.4 is 20.1 Å². The van der Waals surface area contributed by atoms with Gasteiger partial charge in [0, 0.05) is 43.0 Å². The fraction of sp³-hybridized carbons (Fsp3) is 0.526. The Labute approximate surface area is 163 Å². The highest BCUT2D eigenvalue weighted by Gasteiger charge is 2.32. The van der Waals surface area contributed by atoms with Gasteiger partial charge in [-0.05, 0) is 32.8 Å². The molecule has 2 aromatic heterocycles. The van der Waals surface area contributed by atoms with Gasteiger partial charge in [0.15, 0.2) is 0 Å². The van der Waals surface area contributed by atoms with E-state index in [0.29, 0.717) is 18.1 Å². The van der Waals surface area contributed by atoms with Crippen LogP contribution in [-0.4, -0.2) is 46.5 Å². The van der Waals surface area contributed by atoms with E-state index in [-0.39, 0.29) is 22.2 Å². The Bertz CT molecular complexity index is 884. The van der Waals surface area contributed by atoms with Gasteiger partial charge in [-0.25, -0.2) is 10.1 Å². The number of rotatable bonds is 4. The molecule has 2 saturated heterocycles. The first-order chi connectivity index (χ1) is 12.9. The second kappa shape index (κ2) is 7.03. The minimum Gasteiger partial charge on any atom is -0.472 e. The van der Waals surface area contributed by atoms with Crippen LogP contribution in [0.5, 0.6) is 5.88 Å². The summed E-state index contributed by atoms with van der Waals surface area (Å²) in [6.45, 7) is 7.01. The minimum absolute atomic E-state index is 0.00491. The van der Waals surface area contributed by atoms with Gasteiger partial charge in [-0.15, -0.1) is 0 Å². The number of nitrogens with one attached hydrogen (secondary N) is 1. The highest BCUT2D eigenvalue weighted by molar-refractivity contribution is 6.33. The normalized spacial score (nSPS) is 21.7. The molecule has 4 heterocycles. The molecule has 2 aliphatic rings. The molecule has 4 rings (SSSR count). The molecule has 8 heteroatoms. The molecule has 0 aromatic carbocycles. The van der Waals surface area contributed by atoms with Gasteiger partial charge < -0.3 is 14.5 Å². The Morgan fingerprint density at radius 2 is 2.22 bits per heavy atom. The molecule has 0 unspecified atom stereocenters. The lowest BCUT2D eigenvalue weighted by molar-refractivity contribution is 0.216. The number of anilines is 2. The van der Waals surface area contributed by atoms with Crippen LogP contribution in [0.25, 0.3) is 0 Å². The summed E-state index contributed by atoms with van der Waals surface area (Å²) in [6, 6.07) is 4.07. The Morgan fingerprint density at radius 1 is 1.37 bits per heavy atom. The van der Waals surface area contributed by atoms with E-state index in [9.17, 15) is 4.79 Å². The summed E-state index contributed by atoms with van der Waals surface area (Å²) < 4.78 is 6.14. The van der Waals surface area contributed by atoms with Gasteiger partial charge in [-0.3, -0.25) is 4.79 Å². The zero-order valence-electron chi connectivity index (χ0n) is 15.6. The molecule has 0 radical (unpaired) electrons. The summed E-state index contributed by atoms with van der Waals surface area (Å²) >= 11 is 6.12. The van der Waals surface area contributed by atoms with Crippen LogP contribution in [0, 0.1) is 0 Å². The average molecular weight is 390 g/mol. The third-order valence-corrected chi connectivity index (χ3v) is 5.85. The van der Waals surface area contributed by atoms with Crippen molar-refractivity contribution in [3.63, 3.8) is 0 Å². The van der Waals surface area contributed by atoms with E-state index in [1.165, 1.54) is 12.8 Å². The number of aromatic amines is 1. The third-order valence-electron chi connectivity index (χ3n) is 5.48. The largest absolute Gasteiger partial charge is 0.472 e. The topological polar surface area (TPSA) is 74.3 Å². The Hall–Kier alpha value is -2.28. The van der Waals surface area contributed by atoms with Crippen LogP contribution >= 0.6 is 11.6 Å². The maximum Gasteiger partial charge on any atom is 0.285 e. The van der Waals surface area contributed by atoms with Crippen LogP contribution in [0.4, 0.5) is 11.4 Å². The molecule has 1 atom stereocenters. The summed E-state index contributed by atoms with van der Waals surface area (Å²) in [5.41, 5.74) is 1.58. The molecule has 2 fully saturated rings. The van der Waals surface area contributed by atoms with E-state index < -0.39 is 0 Å². The number of hydrogen-bond acceptors (Lipinski definition) is 6. The summed E-state index contributed by atoms with van der Waals surface area (Å²) in [6.07, 6.45) is 6.62. The molecule has 0 spiro atoms. The van der Waals surface area contributed by atoms with E-state index in [1.54, 1.807) is 6.20 Å². The molecule has 1 N–H and O–H groups in total. The molecule has 0 aliphatic carbocycles. The molecule has 0 bridgehead atoms. The highest BCUT2D eigenvalue weighted by Crippen LogP contribution is 2.35. The fourth-order valence-electron chi connectivity index (χ4n) is 4.03. The van der Waals surface area contributed by atoms with E-state index in [2.05, 4.69) is 33.9 Å².